The van der Waals surface area contributed by atoms with Crippen molar-refractivity contribution in [2.45, 2.75) is 33.4 Å². The quantitative estimate of drug-likeness (QED) is 0.700. The summed E-state index contributed by atoms with van der Waals surface area (Å²) in [5.41, 5.74) is 2.58. The number of methoxy groups -OCH3 is 1. The van der Waals surface area contributed by atoms with E-state index >= 15 is 0 Å². The zero-order valence-corrected chi connectivity index (χ0v) is 16.3. The third-order valence-corrected chi connectivity index (χ3v) is 4.25. The fourth-order valence-corrected chi connectivity index (χ4v) is 2.96. The second kappa shape index (κ2) is 10.2. The van der Waals surface area contributed by atoms with Gasteiger partial charge in [-0.15, -0.1) is 0 Å². The molecular weight excluding hydrogens is 326 g/mol. The molecule has 1 N–H and O–H groups in total. The van der Waals surface area contributed by atoms with Gasteiger partial charge in [-0.25, -0.2) is 0 Å². The van der Waals surface area contributed by atoms with Crippen molar-refractivity contribution < 1.29 is 14.6 Å². The molecule has 0 aliphatic rings. The number of benzene rings is 2. The first-order valence-electron chi connectivity index (χ1n) is 9.19. The maximum Gasteiger partial charge on any atom is 0.119 e. The highest BCUT2D eigenvalue weighted by molar-refractivity contribution is 5.31. The fraction of sp³-hybridized carbons (Fsp3) is 0.455. The van der Waals surface area contributed by atoms with Gasteiger partial charge in [-0.3, -0.25) is 4.90 Å². The number of hydrogen-bond donors (Lipinski definition) is 1. The number of nitrogens with zero attached hydrogens (tertiary/aromatic N) is 1. The van der Waals surface area contributed by atoms with Gasteiger partial charge in [0.25, 0.3) is 0 Å². The monoisotopic (exact) mass is 357 g/mol. The van der Waals surface area contributed by atoms with Crippen molar-refractivity contribution in [3.8, 4) is 11.5 Å². The minimum atomic E-state index is -0.542. The second-order valence-corrected chi connectivity index (χ2v) is 7.15. The molecule has 2 aromatic carbocycles. The summed E-state index contributed by atoms with van der Waals surface area (Å²) in [5, 5.41) is 10.5. The number of aliphatic hydroxyl groups is 1. The fourth-order valence-electron chi connectivity index (χ4n) is 2.96. The maximum absolute atomic E-state index is 10.5. The Morgan fingerprint density at radius 3 is 2.23 bits per heavy atom. The van der Waals surface area contributed by atoms with Crippen molar-refractivity contribution in [1.29, 1.82) is 0 Å². The van der Waals surface area contributed by atoms with Gasteiger partial charge < -0.3 is 14.6 Å². The lowest BCUT2D eigenvalue weighted by Gasteiger charge is -2.27. The SMILES string of the molecule is COc1ccc(OC[C@@H](O)CN(Cc2ccccc2C)CC(C)C)cc1. The van der Waals surface area contributed by atoms with Gasteiger partial charge in [-0.1, -0.05) is 38.1 Å². The van der Waals surface area contributed by atoms with E-state index in [9.17, 15) is 5.11 Å². The smallest absolute Gasteiger partial charge is 0.119 e. The van der Waals surface area contributed by atoms with E-state index < -0.39 is 6.10 Å². The van der Waals surface area contributed by atoms with Crippen LogP contribution >= 0.6 is 0 Å². The highest BCUT2D eigenvalue weighted by Gasteiger charge is 2.15. The van der Waals surface area contributed by atoms with Crippen LogP contribution < -0.4 is 9.47 Å². The molecule has 0 aliphatic carbocycles. The van der Waals surface area contributed by atoms with Gasteiger partial charge >= 0.3 is 0 Å². The molecule has 0 fully saturated rings. The van der Waals surface area contributed by atoms with E-state index in [2.05, 4.69) is 49.9 Å². The second-order valence-electron chi connectivity index (χ2n) is 7.15. The Labute approximate surface area is 157 Å². The van der Waals surface area contributed by atoms with Crippen LogP contribution in [0.25, 0.3) is 0 Å². The normalized spacial score (nSPS) is 12.4. The number of hydrogen-bond acceptors (Lipinski definition) is 4. The first-order chi connectivity index (χ1) is 12.5. The predicted molar refractivity (Wildman–Crippen MR) is 106 cm³/mol. The molecule has 0 spiro atoms. The van der Waals surface area contributed by atoms with E-state index in [0.717, 1.165) is 24.6 Å². The van der Waals surface area contributed by atoms with Crippen LogP contribution in [0.15, 0.2) is 48.5 Å². The molecule has 2 rings (SSSR count). The van der Waals surface area contributed by atoms with Crippen molar-refractivity contribution in [3.63, 3.8) is 0 Å². The van der Waals surface area contributed by atoms with Gasteiger partial charge in [0.2, 0.25) is 0 Å². The average Bonchev–Trinajstić information content (AvgIpc) is 2.62. The Morgan fingerprint density at radius 1 is 0.962 bits per heavy atom. The molecule has 4 nitrogen and oxygen atoms in total. The number of aryl methyl sites for hydroxylation is 1. The van der Waals surface area contributed by atoms with Gasteiger partial charge in [0.1, 0.15) is 24.2 Å². The van der Waals surface area contributed by atoms with E-state index in [4.69, 9.17) is 9.47 Å². The van der Waals surface area contributed by atoms with Crippen LogP contribution in [-0.4, -0.2) is 42.9 Å². The van der Waals surface area contributed by atoms with E-state index in [1.165, 1.54) is 11.1 Å². The standard InChI is InChI=1S/C22H31NO3/c1-17(2)13-23(14-19-8-6-5-7-18(19)3)15-20(24)16-26-22-11-9-21(25-4)10-12-22/h5-12,17,20,24H,13-16H2,1-4H3/t20-/m0/s1. The average molecular weight is 357 g/mol. The molecule has 0 saturated heterocycles. The summed E-state index contributed by atoms with van der Waals surface area (Å²) in [6.45, 7) is 9.16. The molecule has 0 aromatic heterocycles. The summed E-state index contributed by atoms with van der Waals surface area (Å²) >= 11 is 0. The van der Waals surface area contributed by atoms with Gasteiger partial charge in [-0.05, 0) is 48.2 Å². The largest absolute Gasteiger partial charge is 0.497 e. The van der Waals surface area contributed by atoms with Crippen molar-refractivity contribution >= 4 is 0 Å². The van der Waals surface area contributed by atoms with Crippen molar-refractivity contribution in [2.75, 3.05) is 26.8 Å². The van der Waals surface area contributed by atoms with Crippen LogP contribution in [-0.2, 0) is 6.54 Å². The molecule has 142 valence electrons. The van der Waals surface area contributed by atoms with E-state index in [-0.39, 0.29) is 6.61 Å². The molecular formula is C22H31NO3. The molecule has 26 heavy (non-hydrogen) atoms. The molecule has 4 heteroatoms. The molecule has 0 radical (unpaired) electrons. The van der Waals surface area contributed by atoms with Gasteiger partial charge in [0.05, 0.1) is 7.11 Å². The van der Waals surface area contributed by atoms with Crippen LogP contribution in [0.4, 0.5) is 0 Å². The highest BCUT2D eigenvalue weighted by atomic mass is 16.5. The van der Waals surface area contributed by atoms with Crippen LogP contribution in [0.5, 0.6) is 11.5 Å². The lowest BCUT2D eigenvalue weighted by molar-refractivity contribution is 0.0614. The van der Waals surface area contributed by atoms with Gasteiger partial charge in [0, 0.05) is 19.6 Å². The summed E-state index contributed by atoms with van der Waals surface area (Å²) < 4.78 is 10.9. The molecule has 0 bridgehead atoms. The van der Waals surface area contributed by atoms with Crippen LogP contribution in [0.1, 0.15) is 25.0 Å². The number of rotatable bonds is 10. The van der Waals surface area contributed by atoms with Gasteiger partial charge in [0.15, 0.2) is 0 Å². The van der Waals surface area contributed by atoms with Crippen LogP contribution in [0.2, 0.25) is 0 Å². The van der Waals surface area contributed by atoms with Crippen LogP contribution in [0, 0.1) is 12.8 Å². The molecule has 0 heterocycles. The van der Waals surface area contributed by atoms with E-state index in [1.54, 1.807) is 7.11 Å². The molecule has 1 atom stereocenters. The summed E-state index contributed by atoms with van der Waals surface area (Å²) in [6, 6.07) is 15.8. The lowest BCUT2D eigenvalue weighted by Crippen LogP contribution is -2.37. The zero-order valence-electron chi connectivity index (χ0n) is 16.3. The number of aliphatic hydroxyl groups excluding tert-OH is 1. The third kappa shape index (κ3) is 6.70. The lowest BCUT2D eigenvalue weighted by atomic mass is 10.1. The predicted octanol–water partition coefficient (Wildman–Crippen LogP) is 3.90. The van der Waals surface area contributed by atoms with Crippen molar-refractivity contribution in [3.05, 3.63) is 59.7 Å². The zero-order chi connectivity index (χ0) is 18.9. The van der Waals surface area contributed by atoms with Crippen molar-refractivity contribution in [1.82, 2.24) is 4.90 Å². The molecule has 0 amide bonds. The minimum Gasteiger partial charge on any atom is -0.497 e. The summed E-state index contributed by atoms with van der Waals surface area (Å²) in [5.74, 6) is 2.06. The Kier molecular flexibility index (Phi) is 7.95. The van der Waals surface area contributed by atoms with Crippen molar-refractivity contribution in [2.24, 2.45) is 5.92 Å². The topological polar surface area (TPSA) is 41.9 Å². The maximum atomic E-state index is 10.5. The summed E-state index contributed by atoms with van der Waals surface area (Å²) in [7, 11) is 1.64. The Bertz CT molecular complexity index is 655. The van der Waals surface area contributed by atoms with Gasteiger partial charge in [-0.2, -0.15) is 0 Å². The Hall–Kier alpha value is -2.04. The highest BCUT2D eigenvalue weighted by Crippen LogP contribution is 2.17. The summed E-state index contributed by atoms with van der Waals surface area (Å²) in [6.07, 6.45) is -0.542. The first kappa shape index (κ1) is 20.3. The van der Waals surface area contributed by atoms with E-state index in [0.29, 0.717) is 12.5 Å². The molecule has 2 aromatic rings. The molecule has 0 aliphatic heterocycles. The minimum absolute atomic E-state index is 0.273. The first-order valence-corrected chi connectivity index (χ1v) is 9.19. The number of ether oxygens (including phenoxy) is 2. The Morgan fingerprint density at radius 2 is 1.62 bits per heavy atom. The van der Waals surface area contributed by atoms with E-state index in [1.807, 2.05) is 24.3 Å². The van der Waals surface area contributed by atoms with Crippen LogP contribution in [0.3, 0.4) is 0 Å². The summed E-state index contributed by atoms with van der Waals surface area (Å²) in [4.78, 5) is 2.30. The molecule has 0 saturated carbocycles. The molecule has 0 unspecified atom stereocenters. The third-order valence-electron chi connectivity index (χ3n) is 4.25. The Balaban J connectivity index is 1.90.